The number of benzene rings is 2. The van der Waals surface area contributed by atoms with Gasteiger partial charge in [0.2, 0.25) is 0 Å². The second-order valence-electron chi connectivity index (χ2n) is 5.45. The molecule has 2 rings (SSSR count). The minimum absolute atomic E-state index is 0.169. The quantitative estimate of drug-likeness (QED) is 0.727. The topological polar surface area (TPSA) is 58.6 Å². The van der Waals surface area contributed by atoms with Gasteiger partial charge in [0, 0.05) is 12.1 Å². The van der Waals surface area contributed by atoms with Gasteiger partial charge in [-0.3, -0.25) is 0 Å². The van der Waals surface area contributed by atoms with Crippen LogP contribution in [0.2, 0.25) is 0 Å². The number of hydrogen-bond donors (Lipinski definition) is 2. The van der Waals surface area contributed by atoms with Crippen LogP contribution in [0.1, 0.15) is 23.1 Å². The van der Waals surface area contributed by atoms with E-state index in [1.165, 1.54) is 12.1 Å². The summed E-state index contributed by atoms with van der Waals surface area (Å²) < 4.78 is 42.6. The van der Waals surface area contributed by atoms with Crippen LogP contribution in [0, 0.1) is 0 Å². The summed E-state index contributed by atoms with van der Waals surface area (Å²) in [5, 5.41) is 12.2. The maximum absolute atomic E-state index is 12.5. The van der Waals surface area contributed by atoms with E-state index in [0.29, 0.717) is 19.0 Å². The van der Waals surface area contributed by atoms with Gasteiger partial charge in [-0.25, -0.2) is 4.79 Å². The molecule has 2 N–H and O–H groups in total. The Labute approximate surface area is 148 Å². The summed E-state index contributed by atoms with van der Waals surface area (Å²) in [6.07, 6.45) is -1.49. The molecule has 26 heavy (non-hydrogen) atoms. The molecular weight excluding hydrogens is 347 g/mol. The fraction of sp³-hybridized carbons (Fsp3) is 0.211. The van der Waals surface area contributed by atoms with Gasteiger partial charge in [0.25, 0.3) is 0 Å². The molecule has 0 bridgehead atoms. The van der Waals surface area contributed by atoms with Crippen molar-refractivity contribution < 1.29 is 27.8 Å². The van der Waals surface area contributed by atoms with Crippen molar-refractivity contribution in [3.8, 4) is 5.75 Å². The number of hydrogen-bond acceptors (Lipinski definition) is 3. The number of ether oxygens (including phenoxy) is 1. The predicted octanol–water partition coefficient (Wildman–Crippen LogP) is 4.74. The molecule has 7 heteroatoms. The molecule has 2 aromatic rings. The minimum atomic E-state index is -4.50. The number of phenolic OH excluding ortho intramolecular Hbond substituents is 1. The number of aromatic hydroxyl groups is 1. The number of carbonyl (C=O) groups excluding carboxylic acids is 1. The van der Waals surface area contributed by atoms with Crippen molar-refractivity contribution in [2.75, 3.05) is 6.54 Å². The Bertz CT molecular complexity index is 758. The summed E-state index contributed by atoms with van der Waals surface area (Å²) in [5.41, 5.74) is 0.236. The van der Waals surface area contributed by atoms with Gasteiger partial charge in [-0.15, -0.1) is 0 Å². The lowest BCUT2D eigenvalue weighted by atomic mass is 10.1. The molecule has 0 heterocycles. The molecule has 0 unspecified atom stereocenters. The van der Waals surface area contributed by atoms with E-state index in [0.717, 1.165) is 11.6 Å². The van der Waals surface area contributed by atoms with Crippen molar-refractivity contribution in [3.05, 3.63) is 71.3 Å². The number of phenols is 1. The summed E-state index contributed by atoms with van der Waals surface area (Å²) in [4.78, 5) is 11.5. The molecule has 0 atom stereocenters. The Morgan fingerprint density at radius 1 is 1.15 bits per heavy atom. The van der Waals surface area contributed by atoms with Gasteiger partial charge in [0.1, 0.15) is 12.4 Å². The molecule has 138 valence electrons. The first kappa shape index (κ1) is 19.4. The van der Waals surface area contributed by atoms with Gasteiger partial charge < -0.3 is 15.2 Å². The van der Waals surface area contributed by atoms with Crippen molar-refractivity contribution in [3.63, 3.8) is 0 Å². The summed E-state index contributed by atoms with van der Waals surface area (Å²) in [6, 6.07) is 12.0. The lowest BCUT2D eigenvalue weighted by Crippen LogP contribution is -2.24. The number of rotatable bonds is 6. The van der Waals surface area contributed by atoms with Crippen LogP contribution < -0.4 is 5.32 Å². The van der Waals surface area contributed by atoms with Crippen LogP contribution in [0.4, 0.5) is 18.0 Å². The van der Waals surface area contributed by atoms with Gasteiger partial charge in [-0.05, 0) is 24.1 Å². The van der Waals surface area contributed by atoms with Crippen LogP contribution in [0.25, 0.3) is 6.08 Å². The van der Waals surface area contributed by atoms with Crippen LogP contribution in [-0.2, 0) is 17.5 Å². The molecule has 4 nitrogen and oxygen atoms in total. The smallest absolute Gasteiger partial charge is 0.416 e. The summed E-state index contributed by atoms with van der Waals surface area (Å²) >= 11 is 0. The molecule has 2 aromatic carbocycles. The van der Waals surface area contributed by atoms with Crippen molar-refractivity contribution >= 4 is 12.2 Å². The molecule has 0 spiro atoms. The van der Waals surface area contributed by atoms with Gasteiger partial charge in [0.05, 0.1) is 5.56 Å². The van der Waals surface area contributed by atoms with E-state index < -0.39 is 23.6 Å². The lowest BCUT2D eigenvalue weighted by molar-refractivity contribution is -0.137. The molecule has 0 aliphatic heterocycles. The zero-order chi connectivity index (χ0) is 19.0. The van der Waals surface area contributed by atoms with Crippen molar-refractivity contribution in [1.29, 1.82) is 0 Å². The highest BCUT2D eigenvalue weighted by molar-refractivity contribution is 5.67. The van der Waals surface area contributed by atoms with Crippen LogP contribution in [-0.4, -0.2) is 17.7 Å². The van der Waals surface area contributed by atoms with E-state index in [9.17, 15) is 23.1 Å². The average molecular weight is 365 g/mol. The standard InChI is InChI=1S/C19H18F3NO3/c20-19(21,22)16-10-9-15(17(24)12-16)8-4-5-11-23-18(25)26-13-14-6-2-1-3-7-14/h1-4,6-10,12,24H,5,11,13H2,(H,23,25). The minimum Gasteiger partial charge on any atom is -0.507 e. The monoisotopic (exact) mass is 365 g/mol. The van der Waals surface area contributed by atoms with E-state index in [-0.39, 0.29) is 12.2 Å². The van der Waals surface area contributed by atoms with Gasteiger partial charge in [-0.2, -0.15) is 13.2 Å². The van der Waals surface area contributed by atoms with E-state index >= 15 is 0 Å². The summed E-state index contributed by atoms with van der Waals surface area (Å²) in [6.45, 7) is 0.466. The first-order valence-corrected chi connectivity index (χ1v) is 7.87. The number of halogens is 3. The Morgan fingerprint density at radius 2 is 1.88 bits per heavy atom. The third-order valence-electron chi connectivity index (χ3n) is 3.45. The van der Waals surface area contributed by atoms with Crippen LogP contribution >= 0.6 is 0 Å². The van der Waals surface area contributed by atoms with Gasteiger partial charge in [0.15, 0.2) is 0 Å². The largest absolute Gasteiger partial charge is 0.507 e. The normalized spacial score (nSPS) is 11.5. The fourth-order valence-corrected chi connectivity index (χ4v) is 2.10. The summed E-state index contributed by atoms with van der Waals surface area (Å²) in [5.74, 6) is -0.452. The van der Waals surface area contributed by atoms with Crippen LogP contribution in [0.15, 0.2) is 54.6 Å². The predicted molar refractivity (Wildman–Crippen MR) is 91.4 cm³/mol. The van der Waals surface area contributed by atoms with E-state index in [2.05, 4.69) is 5.32 Å². The molecule has 0 aromatic heterocycles. The zero-order valence-corrected chi connectivity index (χ0v) is 13.8. The van der Waals surface area contributed by atoms with Gasteiger partial charge in [-0.1, -0.05) is 48.6 Å². The first-order valence-electron chi connectivity index (χ1n) is 7.87. The summed E-state index contributed by atoms with van der Waals surface area (Å²) in [7, 11) is 0. The highest BCUT2D eigenvalue weighted by Crippen LogP contribution is 2.32. The third kappa shape index (κ3) is 6.16. The average Bonchev–Trinajstić information content (AvgIpc) is 2.61. The fourth-order valence-electron chi connectivity index (χ4n) is 2.10. The van der Waals surface area contributed by atoms with E-state index in [4.69, 9.17) is 4.74 Å². The lowest BCUT2D eigenvalue weighted by Gasteiger charge is -2.08. The molecule has 0 aliphatic rings. The second-order valence-corrected chi connectivity index (χ2v) is 5.45. The molecule has 1 amide bonds. The van der Waals surface area contributed by atoms with Gasteiger partial charge >= 0.3 is 12.3 Å². The van der Waals surface area contributed by atoms with Crippen LogP contribution in [0.5, 0.6) is 5.75 Å². The van der Waals surface area contributed by atoms with Crippen LogP contribution in [0.3, 0.4) is 0 Å². The Hall–Kier alpha value is -2.96. The van der Waals surface area contributed by atoms with Crippen molar-refractivity contribution in [1.82, 2.24) is 5.32 Å². The molecule has 0 aliphatic carbocycles. The van der Waals surface area contributed by atoms with Crippen molar-refractivity contribution in [2.24, 2.45) is 0 Å². The molecule has 0 saturated heterocycles. The number of alkyl carbamates (subject to hydrolysis) is 1. The van der Waals surface area contributed by atoms with E-state index in [1.54, 1.807) is 6.08 Å². The Balaban J connectivity index is 1.73. The zero-order valence-electron chi connectivity index (χ0n) is 13.8. The molecule has 0 saturated carbocycles. The highest BCUT2D eigenvalue weighted by Gasteiger charge is 2.30. The maximum atomic E-state index is 12.5. The number of nitrogens with one attached hydrogen (secondary N) is 1. The molecular formula is C19H18F3NO3. The third-order valence-corrected chi connectivity index (χ3v) is 3.45. The van der Waals surface area contributed by atoms with E-state index in [1.807, 2.05) is 30.3 Å². The Kier molecular flexibility index (Phi) is 6.66. The first-order chi connectivity index (χ1) is 12.4. The molecule has 0 radical (unpaired) electrons. The number of alkyl halides is 3. The SMILES string of the molecule is O=C(NCCC=Cc1ccc(C(F)(F)F)cc1O)OCc1ccccc1. The van der Waals surface area contributed by atoms with Crippen molar-refractivity contribution in [2.45, 2.75) is 19.2 Å². The number of carbonyl (C=O) groups is 1. The molecule has 0 fully saturated rings. The maximum Gasteiger partial charge on any atom is 0.416 e. The Morgan fingerprint density at radius 3 is 2.54 bits per heavy atom. The highest BCUT2D eigenvalue weighted by atomic mass is 19.4. The second kappa shape index (κ2) is 8.94. The number of amides is 1.